The van der Waals surface area contributed by atoms with E-state index in [0.29, 0.717) is 59.7 Å². The molecule has 1 aromatic carbocycles. The summed E-state index contributed by atoms with van der Waals surface area (Å²) in [5.41, 5.74) is 0.998. The zero-order valence-electron chi connectivity index (χ0n) is 16.3. The molecule has 10 nitrogen and oxygen atoms in total. The molecule has 0 spiro atoms. The van der Waals surface area contributed by atoms with E-state index in [1.165, 1.54) is 30.7 Å². The molecule has 0 saturated carbocycles. The number of rotatable bonds is 6. The quantitative estimate of drug-likeness (QED) is 0.584. The maximum atomic E-state index is 12.9. The van der Waals surface area contributed by atoms with Crippen molar-refractivity contribution in [1.29, 1.82) is 0 Å². The molecular formula is C18H20ClN5O5S. The molecular weight excluding hydrogens is 434 g/mol. The van der Waals surface area contributed by atoms with Crippen LogP contribution in [-0.2, 0) is 14.8 Å². The number of aromatic amines is 1. The summed E-state index contributed by atoms with van der Waals surface area (Å²) >= 11 is 6.14. The number of fused-ring (bicyclic) bond motifs is 1. The van der Waals surface area contributed by atoms with E-state index in [1.54, 1.807) is 12.3 Å². The molecule has 0 atom stereocenters. The third-order valence-electron chi connectivity index (χ3n) is 4.67. The van der Waals surface area contributed by atoms with Crippen LogP contribution in [0.4, 0.5) is 11.6 Å². The molecule has 3 heterocycles. The van der Waals surface area contributed by atoms with E-state index in [4.69, 9.17) is 25.8 Å². The SMILES string of the molecule is COc1cc(S(=O)(=O)N2CCOCC2)ccc1Nc1nc(OC)c2c(Cl)c[nH]c2n1. The van der Waals surface area contributed by atoms with Crippen molar-refractivity contribution >= 4 is 44.3 Å². The van der Waals surface area contributed by atoms with Crippen LogP contribution in [0.3, 0.4) is 0 Å². The Kier molecular flexibility index (Phi) is 5.69. The zero-order chi connectivity index (χ0) is 21.3. The van der Waals surface area contributed by atoms with E-state index in [0.717, 1.165) is 0 Å². The van der Waals surface area contributed by atoms with Crippen LogP contribution in [0, 0.1) is 0 Å². The Hall–Kier alpha value is -2.60. The van der Waals surface area contributed by atoms with Crippen LogP contribution in [0.25, 0.3) is 11.0 Å². The Bertz CT molecular complexity index is 1180. The van der Waals surface area contributed by atoms with Gasteiger partial charge in [-0.15, -0.1) is 0 Å². The topological polar surface area (TPSA) is 119 Å². The lowest BCUT2D eigenvalue weighted by molar-refractivity contribution is 0.0730. The average molecular weight is 454 g/mol. The molecule has 0 aliphatic carbocycles. The minimum Gasteiger partial charge on any atom is -0.495 e. The van der Waals surface area contributed by atoms with Crippen LogP contribution in [0.15, 0.2) is 29.3 Å². The zero-order valence-corrected chi connectivity index (χ0v) is 17.9. The van der Waals surface area contributed by atoms with E-state index in [9.17, 15) is 8.42 Å². The summed E-state index contributed by atoms with van der Waals surface area (Å²) in [5.74, 6) is 0.871. The number of nitrogens with one attached hydrogen (secondary N) is 2. The van der Waals surface area contributed by atoms with E-state index >= 15 is 0 Å². The van der Waals surface area contributed by atoms with Gasteiger partial charge in [0.1, 0.15) is 11.4 Å². The molecule has 30 heavy (non-hydrogen) atoms. The normalized spacial score (nSPS) is 15.3. The van der Waals surface area contributed by atoms with Gasteiger partial charge < -0.3 is 24.5 Å². The summed E-state index contributed by atoms with van der Waals surface area (Å²) < 4.78 is 43.1. The van der Waals surface area contributed by atoms with Crippen LogP contribution in [0.2, 0.25) is 5.02 Å². The summed E-state index contributed by atoms with van der Waals surface area (Å²) in [6.45, 7) is 1.38. The van der Waals surface area contributed by atoms with Crippen molar-refractivity contribution in [2.45, 2.75) is 4.90 Å². The maximum absolute atomic E-state index is 12.9. The Morgan fingerprint density at radius 1 is 1.20 bits per heavy atom. The molecule has 0 unspecified atom stereocenters. The number of nitrogens with zero attached hydrogens (tertiary/aromatic N) is 3. The van der Waals surface area contributed by atoms with Crippen molar-refractivity contribution in [2.24, 2.45) is 0 Å². The van der Waals surface area contributed by atoms with Crippen molar-refractivity contribution in [3.63, 3.8) is 0 Å². The van der Waals surface area contributed by atoms with E-state index < -0.39 is 10.0 Å². The Labute approximate surface area is 178 Å². The van der Waals surface area contributed by atoms with Crippen LogP contribution < -0.4 is 14.8 Å². The molecule has 2 N–H and O–H groups in total. The number of morpholine rings is 1. The highest BCUT2D eigenvalue weighted by atomic mass is 35.5. The van der Waals surface area contributed by atoms with Crippen LogP contribution in [0.5, 0.6) is 11.6 Å². The summed E-state index contributed by atoms with van der Waals surface area (Å²) in [6, 6.07) is 4.58. The number of ether oxygens (including phenoxy) is 3. The third kappa shape index (κ3) is 3.76. The third-order valence-corrected chi connectivity index (χ3v) is 6.86. The highest BCUT2D eigenvalue weighted by molar-refractivity contribution is 7.89. The fourth-order valence-corrected chi connectivity index (χ4v) is 4.81. The lowest BCUT2D eigenvalue weighted by atomic mass is 10.3. The molecule has 1 fully saturated rings. The molecule has 12 heteroatoms. The first-order chi connectivity index (χ1) is 14.4. The van der Waals surface area contributed by atoms with Crippen molar-refractivity contribution in [3.8, 4) is 11.6 Å². The van der Waals surface area contributed by atoms with Crippen molar-refractivity contribution in [3.05, 3.63) is 29.4 Å². The van der Waals surface area contributed by atoms with Gasteiger partial charge in [0, 0.05) is 25.4 Å². The number of sulfonamides is 1. The van der Waals surface area contributed by atoms with Gasteiger partial charge in [0.05, 0.1) is 48.4 Å². The number of aromatic nitrogens is 3. The summed E-state index contributed by atoms with van der Waals surface area (Å²) in [6.07, 6.45) is 1.60. The molecule has 1 aliphatic rings. The number of anilines is 2. The second-order valence-corrected chi connectivity index (χ2v) is 8.77. The lowest BCUT2D eigenvalue weighted by Gasteiger charge is -2.26. The minimum absolute atomic E-state index is 0.136. The minimum atomic E-state index is -3.65. The summed E-state index contributed by atoms with van der Waals surface area (Å²) in [4.78, 5) is 11.8. The fourth-order valence-electron chi connectivity index (χ4n) is 3.16. The molecule has 1 aliphatic heterocycles. The molecule has 160 valence electrons. The monoisotopic (exact) mass is 453 g/mol. The van der Waals surface area contributed by atoms with Crippen molar-refractivity contribution in [1.82, 2.24) is 19.3 Å². The predicted octanol–water partition coefficient (Wildman–Crippen LogP) is 2.39. The Balaban J connectivity index is 1.66. The van der Waals surface area contributed by atoms with Crippen LogP contribution in [0.1, 0.15) is 0 Å². The van der Waals surface area contributed by atoms with Gasteiger partial charge in [0.25, 0.3) is 0 Å². The average Bonchev–Trinajstić information content (AvgIpc) is 3.14. The van der Waals surface area contributed by atoms with Crippen molar-refractivity contribution < 1.29 is 22.6 Å². The number of benzene rings is 1. The molecule has 4 rings (SSSR count). The smallest absolute Gasteiger partial charge is 0.243 e. The van der Waals surface area contributed by atoms with E-state index in [2.05, 4.69) is 20.3 Å². The number of hydrogen-bond donors (Lipinski definition) is 2. The summed E-state index contributed by atoms with van der Waals surface area (Å²) in [7, 11) is -0.700. The van der Waals surface area contributed by atoms with E-state index in [-0.39, 0.29) is 10.8 Å². The number of methoxy groups -OCH3 is 2. The first-order valence-corrected chi connectivity index (χ1v) is 10.9. The van der Waals surface area contributed by atoms with Crippen molar-refractivity contribution in [2.75, 3.05) is 45.8 Å². The molecule has 3 aromatic rings. The highest BCUT2D eigenvalue weighted by Crippen LogP contribution is 2.34. The fraction of sp³-hybridized carbons (Fsp3) is 0.333. The second kappa shape index (κ2) is 8.26. The van der Waals surface area contributed by atoms with Gasteiger partial charge in [-0.05, 0) is 12.1 Å². The first-order valence-electron chi connectivity index (χ1n) is 9.05. The highest BCUT2D eigenvalue weighted by Gasteiger charge is 2.27. The van der Waals surface area contributed by atoms with Crippen LogP contribution in [-0.4, -0.2) is 68.2 Å². The number of halogens is 1. The van der Waals surface area contributed by atoms with Gasteiger partial charge in [0.2, 0.25) is 21.9 Å². The predicted molar refractivity (Wildman–Crippen MR) is 111 cm³/mol. The first kappa shape index (κ1) is 20.7. The molecule has 1 saturated heterocycles. The van der Waals surface area contributed by atoms with Gasteiger partial charge in [0.15, 0.2) is 0 Å². The van der Waals surface area contributed by atoms with Gasteiger partial charge >= 0.3 is 0 Å². The largest absolute Gasteiger partial charge is 0.495 e. The number of hydrogen-bond acceptors (Lipinski definition) is 8. The maximum Gasteiger partial charge on any atom is 0.243 e. The Morgan fingerprint density at radius 3 is 2.67 bits per heavy atom. The standard InChI is InChI=1S/C18H20ClN5O5S/c1-27-14-9-11(30(25,26)24-5-7-29-8-6-24)3-4-13(14)21-18-22-16-15(12(19)10-20-16)17(23-18)28-2/h3-4,9-10H,5-8H2,1-2H3,(H2,20,21,22,23). The van der Waals surface area contributed by atoms with E-state index in [1.807, 2.05) is 0 Å². The van der Waals surface area contributed by atoms with Crippen LogP contribution >= 0.6 is 11.6 Å². The summed E-state index contributed by atoms with van der Waals surface area (Å²) in [5, 5.41) is 4.06. The molecule has 0 amide bonds. The lowest BCUT2D eigenvalue weighted by Crippen LogP contribution is -2.40. The molecule has 2 aromatic heterocycles. The van der Waals surface area contributed by atoms with Gasteiger partial charge in [-0.2, -0.15) is 14.3 Å². The second-order valence-electron chi connectivity index (χ2n) is 6.42. The van der Waals surface area contributed by atoms with Gasteiger partial charge in [-0.1, -0.05) is 11.6 Å². The number of H-pyrrole nitrogens is 1. The van der Waals surface area contributed by atoms with Gasteiger partial charge in [-0.3, -0.25) is 0 Å². The molecule has 0 bridgehead atoms. The molecule has 0 radical (unpaired) electrons. The Morgan fingerprint density at radius 2 is 1.97 bits per heavy atom. The van der Waals surface area contributed by atoms with Gasteiger partial charge in [-0.25, -0.2) is 8.42 Å².